The van der Waals surface area contributed by atoms with E-state index in [4.69, 9.17) is 5.11 Å². The minimum absolute atomic E-state index is 0.180. The van der Waals surface area contributed by atoms with Gasteiger partial charge in [0.2, 0.25) is 0 Å². The van der Waals surface area contributed by atoms with Crippen molar-refractivity contribution in [3.8, 4) is 0 Å². The minimum Gasteiger partial charge on any atom is -0.481 e. The molecule has 0 amide bonds. The van der Waals surface area contributed by atoms with Crippen molar-refractivity contribution < 1.29 is 14.3 Å². The monoisotopic (exact) mass is 133 g/mol. The highest BCUT2D eigenvalue weighted by atomic mass is 19.1. The van der Waals surface area contributed by atoms with E-state index in [1.807, 2.05) is 0 Å². The molecule has 0 aromatic heterocycles. The normalized spacial score (nSPS) is 22.8. The zero-order valence-electron chi connectivity index (χ0n) is 4.85. The topological polar surface area (TPSA) is 49.3 Å². The number of carbonyl (C=O) groups is 1. The Labute approximate surface area is 51.9 Å². The van der Waals surface area contributed by atoms with Crippen LogP contribution in [-0.2, 0) is 4.79 Å². The lowest BCUT2D eigenvalue weighted by molar-refractivity contribution is -0.141. The SMILES string of the molecule is O=C(O)CC1(F)CNC1. The van der Waals surface area contributed by atoms with E-state index in [1.54, 1.807) is 0 Å². The minimum atomic E-state index is -1.47. The lowest BCUT2D eigenvalue weighted by Crippen LogP contribution is -2.57. The van der Waals surface area contributed by atoms with Crippen molar-refractivity contribution in [2.45, 2.75) is 12.1 Å². The van der Waals surface area contributed by atoms with E-state index < -0.39 is 11.6 Å². The summed E-state index contributed by atoms with van der Waals surface area (Å²) >= 11 is 0. The van der Waals surface area contributed by atoms with Crippen molar-refractivity contribution in [2.75, 3.05) is 13.1 Å². The predicted molar refractivity (Wildman–Crippen MR) is 29.0 cm³/mol. The second kappa shape index (κ2) is 1.95. The maximum atomic E-state index is 12.7. The Bertz CT molecular complexity index is 133. The molecule has 1 saturated heterocycles. The van der Waals surface area contributed by atoms with E-state index in [9.17, 15) is 9.18 Å². The van der Waals surface area contributed by atoms with Gasteiger partial charge in [-0.15, -0.1) is 0 Å². The number of rotatable bonds is 2. The number of carboxylic acid groups (broad SMARTS) is 1. The molecule has 4 heteroatoms. The molecule has 0 atom stereocenters. The Morgan fingerprint density at radius 1 is 1.78 bits per heavy atom. The van der Waals surface area contributed by atoms with Crippen LogP contribution >= 0.6 is 0 Å². The van der Waals surface area contributed by atoms with Gasteiger partial charge in [0, 0.05) is 13.1 Å². The summed E-state index contributed by atoms with van der Waals surface area (Å²) in [5.74, 6) is -1.07. The third-order valence-corrected chi connectivity index (χ3v) is 1.35. The van der Waals surface area contributed by atoms with Crippen molar-refractivity contribution in [2.24, 2.45) is 0 Å². The van der Waals surface area contributed by atoms with Gasteiger partial charge in [0.25, 0.3) is 0 Å². The van der Waals surface area contributed by atoms with E-state index in [0.717, 1.165) is 0 Å². The summed E-state index contributed by atoms with van der Waals surface area (Å²) in [6, 6.07) is 0. The Hall–Kier alpha value is -0.640. The first-order valence-electron chi connectivity index (χ1n) is 2.74. The van der Waals surface area contributed by atoms with Gasteiger partial charge >= 0.3 is 5.97 Å². The fraction of sp³-hybridized carbons (Fsp3) is 0.800. The molecule has 0 aliphatic carbocycles. The largest absolute Gasteiger partial charge is 0.481 e. The summed E-state index contributed by atoms with van der Waals surface area (Å²) in [5.41, 5.74) is -1.47. The molecule has 3 nitrogen and oxygen atoms in total. The third-order valence-electron chi connectivity index (χ3n) is 1.35. The van der Waals surface area contributed by atoms with E-state index in [-0.39, 0.29) is 19.5 Å². The van der Waals surface area contributed by atoms with E-state index in [0.29, 0.717) is 0 Å². The highest BCUT2D eigenvalue weighted by Gasteiger charge is 2.38. The summed E-state index contributed by atoms with van der Waals surface area (Å²) in [4.78, 5) is 9.94. The quantitative estimate of drug-likeness (QED) is 0.547. The van der Waals surface area contributed by atoms with Gasteiger partial charge in [0.05, 0.1) is 6.42 Å². The molecule has 0 saturated carbocycles. The zero-order valence-corrected chi connectivity index (χ0v) is 4.85. The van der Waals surface area contributed by atoms with Crippen LogP contribution in [-0.4, -0.2) is 29.8 Å². The van der Waals surface area contributed by atoms with Gasteiger partial charge in [0.15, 0.2) is 0 Å². The van der Waals surface area contributed by atoms with Crippen molar-refractivity contribution in [3.63, 3.8) is 0 Å². The van der Waals surface area contributed by atoms with Gasteiger partial charge in [-0.25, -0.2) is 4.39 Å². The van der Waals surface area contributed by atoms with E-state index >= 15 is 0 Å². The molecular formula is C5H8FNO2. The van der Waals surface area contributed by atoms with Crippen LogP contribution in [0.4, 0.5) is 4.39 Å². The average molecular weight is 133 g/mol. The van der Waals surface area contributed by atoms with Crippen molar-refractivity contribution >= 4 is 5.97 Å². The van der Waals surface area contributed by atoms with Crippen LogP contribution < -0.4 is 5.32 Å². The molecule has 0 aromatic rings. The summed E-state index contributed by atoms with van der Waals surface area (Å²) in [6.07, 6.45) is -0.375. The second-order valence-corrected chi connectivity index (χ2v) is 2.32. The highest BCUT2D eigenvalue weighted by Crippen LogP contribution is 2.20. The van der Waals surface area contributed by atoms with Crippen molar-refractivity contribution in [1.82, 2.24) is 5.32 Å². The van der Waals surface area contributed by atoms with E-state index in [2.05, 4.69) is 5.32 Å². The van der Waals surface area contributed by atoms with Crippen LogP contribution in [0.1, 0.15) is 6.42 Å². The molecule has 1 fully saturated rings. The molecule has 1 aliphatic rings. The molecule has 9 heavy (non-hydrogen) atoms. The Morgan fingerprint density at radius 2 is 2.33 bits per heavy atom. The van der Waals surface area contributed by atoms with Crippen LogP contribution in [0.5, 0.6) is 0 Å². The van der Waals surface area contributed by atoms with Crippen LogP contribution in [0.3, 0.4) is 0 Å². The van der Waals surface area contributed by atoms with Gasteiger partial charge in [-0.3, -0.25) is 4.79 Å². The van der Waals surface area contributed by atoms with Gasteiger partial charge in [-0.1, -0.05) is 0 Å². The average Bonchev–Trinajstić information content (AvgIpc) is 1.60. The number of hydrogen-bond acceptors (Lipinski definition) is 2. The van der Waals surface area contributed by atoms with Gasteiger partial charge in [0.1, 0.15) is 5.67 Å². The van der Waals surface area contributed by atoms with Crippen LogP contribution in [0.25, 0.3) is 0 Å². The summed E-state index contributed by atoms with van der Waals surface area (Å²) in [6.45, 7) is 0.360. The van der Waals surface area contributed by atoms with E-state index in [1.165, 1.54) is 0 Å². The molecule has 1 heterocycles. The van der Waals surface area contributed by atoms with Crippen LogP contribution in [0, 0.1) is 0 Å². The first-order valence-corrected chi connectivity index (χ1v) is 2.74. The molecule has 52 valence electrons. The maximum absolute atomic E-state index is 12.7. The molecule has 1 aliphatic heterocycles. The molecule has 2 N–H and O–H groups in total. The third kappa shape index (κ3) is 1.38. The lowest BCUT2D eigenvalue weighted by atomic mass is 9.96. The Kier molecular flexibility index (Phi) is 1.40. The first-order chi connectivity index (χ1) is 4.12. The van der Waals surface area contributed by atoms with Crippen molar-refractivity contribution in [1.29, 1.82) is 0 Å². The standard InChI is InChI=1S/C5H8FNO2/c6-5(1-4(8)9)2-7-3-5/h7H,1-3H2,(H,8,9). The number of carboxylic acids is 1. The molecule has 1 rings (SSSR count). The zero-order chi connectivity index (χ0) is 6.91. The Balaban J connectivity index is 2.33. The van der Waals surface area contributed by atoms with Crippen molar-refractivity contribution in [3.05, 3.63) is 0 Å². The number of hydrogen-bond donors (Lipinski definition) is 2. The Morgan fingerprint density at radius 3 is 2.44 bits per heavy atom. The first kappa shape index (κ1) is 6.48. The molecule has 0 bridgehead atoms. The molecule has 0 radical (unpaired) electrons. The summed E-state index contributed by atoms with van der Waals surface area (Å²) in [7, 11) is 0. The fourth-order valence-electron chi connectivity index (χ4n) is 0.792. The molecule has 0 spiro atoms. The summed E-state index contributed by atoms with van der Waals surface area (Å²) in [5, 5.41) is 10.8. The van der Waals surface area contributed by atoms with Gasteiger partial charge in [-0.05, 0) is 0 Å². The number of aliphatic carboxylic acids is 1. The maximum Gasteiger partial charge on any atom is 0.306 e. The fourth-order valence-corrected chi connectivity index (χ4v) is 0.792. The lowest BCUT2D eigenvalue weighted by Gasteiger charge is -2.33. The second-order valence-electron chi connectivity index (χ2n) is 2.32. The van der Waals surface area contributed by atoms with Crippen LogP contribution in [0.2, 0.25) is 0 Å². The number of halogens is 1. The summed E-state index contributed by atoms with van der Waals surface area (Å²) < 4.78 is 12.7. The number of alkyl halides is 1. The molecule has 0 aromatic carbocycles. The van der Waals surface area contributed by atoms with Gasteiger partial charge < -0.3 is 10.4 Å². The number of nitrogens with one attached hydrogen (secondary N) is 1. The highest BCUT2D eigenvalue weighted by molar-refractivity contribution is 5.68. The molecular weight excluding hydrogens is 125 g/mol. The smallest absolute Gasteiger partial charge is 0.306 e. The predicted octanol–water partition coefficient (Wildman–Crippen LogP) is -0.227. The molecule has 0 unspecified atom stereocenters. The van der Waals surface area contributed by atoms with Crippen LogP contribution in [0.15, 0.2) is 0 Å². The van der Waals surface area contributed by atoms with Gasteiger partial charge in [-0.2, -0.15) is 0 Å².